The first-order valence-electron chi connectivity index (χ1n) is 5.74. The third-order valence-corrected chi connectivity index (χ3v) is 3.15. The molecule has 1 aromatic rings. The Balaban J connectivity index is 2.42. The van der Waals surface area contributed by atoms with Crippen LogP contribution >= 0.6 is 0 Å². The zero-order valence-corrected chi connectivity index (χ0v) is 10.2. The van der Waals surface area contributed by atoms with Gasteiger partial charge in [-0.05, 0) is 13.1 Å². The van der Waals surface area contributed by atoms with E-state index in [1.807, 2.05) is 18.0 Å². The van der Waals surface area contributed by atoms with Gasteiger partial charge in [-0.1, -0.05) is 6.07 Å². The number of piperazine rings is 1. The van der Waals surface area contributed by atoms with Crippen molar-refractivity contribution in [2.75, 3.05) is 38.1 Å². The van der Waals surface area contributed by atoms with E-state index in [0.29, 0.717) is 24.3 Å². The fourth-order valence-corrected chi connectivity index (χ4v) is 2.13. The summed E-state index contributed by atoms with van der Waals surface area (Å²) in [4.78, 5) is 14.7. The second-order valence-electron chi connectivity index (χ2n) is 4.33. The predicted molar refractivity (Wildman–Crippen MR) is 67.5 cm³/mol. The van der Waals surface area contributed by atoms with Crippen molar-refractivity contribution in [2.45, 2.75) is 0 Å². The lowest BCUT2D eigenvalue weighted by Gasteiger charge is -2.34. The van der Waals surface area contributed by atoms with Gasteiger partial charge < -0.3 is 9.80 Å². The first-order valence-corrected chi connectivity index (χ1v) is 5.74. The van der Waals surface area contributed by atoms with Gasteiger partial charge in [0.15, 0.2) is 0 Å². The normalized spacial score (nSPS) is 16.3. The van der Waals surface area contributed by atoms with Gasteiger partial charge >= 0.3 is 0 Å². The molecule has 0 bridgehead atoms. The highest BCUT2D eigenvalue weighted by Crippen LogP contribution is 2.32. The quantitative estimate of drug-likeness (QED) is 0.579. The fraction of sp³-hybridized carbons (Fsp3) is 0.417. The van der Waals surface area contributed by atoms with E-state index in [0.717, 1.165) is 13.1 Å². The minimum absolute atomic E-state index is 0.0126. The van der Waals surface area contributed by atoms with Crippen LogP contribution < -0.4 is 4.90 Å². The van der Waals surface area contributed by atoms with E-state index in [4.69, 9.17) is 5.26 Å². The van der Waals surface area contributed by atoms with Crippen LogP contribution in [0.3, 0.4) is 0 Å². The van der Waals surface area contributed by atoms with Gasteiger partial charge in [-0.25, -0.2) is 0 Å². The average molecular weight is 246 g/mol. The molecule has 1 fully saturated rings. The summed E-state index contributed by atoms with van der Waals surface area (Å²) in [5.74, 6) is 0. The molecule has 0 aliphatic carbocycles. The molecule has 0 atom stereocenters. The first kappa shape index (κ1) is 12.3. The highest BCUT2D eigenvalue weighted by molar-refractivity contribution is 5.71. The molecule has 0 N–H and O–H groups in total. The fourth-order valence-electron chi connectivity index (χ4n) is 2.13. The van der Waals surface area contributed by atoms with E-state index in [2.05, 4.69) is 4.90 Å². The first-order chi connectivity index (χ1) is 8.63. The SMILES string of the molecule is CN1CCN(c2c(C#N)cccc2[N+](=O)[O-])CC1. The van der Waals surface area contributed by atoms with Gasteiger partial charge in [0.2, 0.25) is 0 Å². The molecule has 2 rings (SSSR count). The van der Waals surface area contributed by atoms with E-state index in [1.165, 1.54) is 6.07 Å². The summed E-state index contributed by atoms with van der Waals surface area (Å²) in [7, 11) is 2.02. The summed E-state index contributed by atoms with van der Waals surface area (Å²) in [6, 6.07) is 6.67. The molecule has 0 spiro atoms. The highest BCUT2D eigenvalue weighted by Gasteiger charge is 2.25. The van der Waals surface area contributed by atoms with E-state index < -0.39 is 4.92 Å². The van der Waals surface area contributed by atoms with Crippen molar-refractivity contribution in [1.29, 1.82) is 5.26 Å². The number of hydrogen-bond donors (Lipinski definition) is 0. The number of nitrogens with zero attached hydrogens (tertiary/aromatic N) is 4. The molecule has 94 valence electrons. The zero-order valence-electron chi connectivity index (χ0n) is 10.2. The van der Waals surface area contributed by atoms with Crippen molar-refractivity contribution in [3.8, 4) is 6.07 Å². The molecule has 6 nitrogen and oxygen atoms in total. The Morgan fingerprint density at radius 1 is 1.33 bits per heavy atom. The Bertz CT molecular complexity index is 501. The van der Waals surface area contributed by atoms with Crippen LogP contribution in [0.4, 0.5) is 11.4 Å². The Morgan fingerprint density at radius 2 is 2.00 bits per heavy atom. The van der Waals surface area contributed by atoms with Crippen LogP contribution in [-0.4, -0.2) is 43.0 Å². The minimum Gasteiger partial charge on any atom is -0.362 e. The topological polar surface area (TPSA) is 73.4 Å². The molecule has 0 saturated carbocycles. The number of nitro groups is 1. The Kier molecular flexibility index (Phi) is 3.44. The maximum Gasteiger partial charge on any atom is 0.293 e. The van der Waals surface area contributed by atoms with Crippen molar-refractivity contribution in [1.82, 2.24) is 4.90 Å². The number of anilines is 1. The molecular formula is C12H14N4O2. The maximum absolute atomic E-state index is 11.1. The van der Waals surface area contributed by atoms with Crippen LogP contribution in [0.25, 0.3) is 0 Å². The molecule has 0 radical (unpaired) electrons. The third kappa shape index (κ3) is 2.26. The van der Waals surface area contributed by atoms with E-state index in [9.17, 15) is 10.1 Å². The predicted octanol–water partition coefficient (Wildman–Crippen LogP) is 1.22. The third-order valence-electron chi connectivity index (χ3n) is 3.15. The monoisotopic (exact) mass is 246 g/mol. The molecule has 0 unspecified atom stereocenters. The Labute approximate surface area is 105 Å². The van der Waals surface area contributed by atoms with Gasteiger partial charge in [0, 0.05) is 32.2 Å². The van der Waals surface area contributed by atoms with Crippen LogP contribution in [0.2, 0.25) is 0 Å². The average Bonchev–Trinajstić information content (AvgIpc) is 2.38. The van der Waals surface area contributed by atoms with Gasteiger partial charge in [-0.15, -0.1) is 0 Å². The molecule has 1 aromatic carbocycles. The summed E-state index contributed by atoms with van der Waals surface area (Å²) in [6.07, 6.45) is 0. The summed E-state index contributed by atoms with van der Waals surface area (Å²) >= 11 is 0. The van der Waals surface area contributed by atoms with E-state index >= 15 is 0 Å². The largest absolute Gasteiger partial charge is 0.362 e. The molecule has 0 amide bonds. The van der Waals surface area contributed by atoms with Crippen LogP contribution in [0.5, 0.6) is 0 Å². The number of hydrogen-bond acceptors (Lipinski definition) is 5. The number of para-hydroxylation sites is 1. The Morgan fingerprint density at radius 3 is 2.56 bits per heavy atom. The summed E-state index contributed by atoms with van der Waals surface area (Å²) in [5, 5.41) is 20.2. The van der Waals surface area contributed by atoms with Gasteiger partial charge in [-0.3, -0.25) is 10.1 Å². The van der Waals surface area contributed by atoms with Gasteiger partial charge in [0.05, 0.1) is 10.5 Å². The smallest absolute Gasteiger partial charge is 0.293 e. The summed E-state index contributed by atoms with van der Waals surface area (Å²) < 4.78 is 0. The number of rotatable bonds is 2. The minimum atomic E-state index is -0.422. The van der Waals surface area contributed by atoms with Crippen LogP contribution in [0, 0.1) is 21.4 Å². The lowest BCUT2D eigenvalue weighted by atomic mass is 10.1. The molecule has 1 aliphatic heterocycles. The van der Waals surface area contributed by atoms with Gasteiger partial charge in [0.1, 0.15) is 11.8 Å². The molecule has 1 saturated heterocycles. The van der Waals surface area contributed by atoms with Crippen LogP contribution in [0.1, 0.15) is 5.56 Å². The standard InChI is InChI=1S/C12H14N4O2/c1-14-5-7-15(8-6-14)12-10(9-13)3-2-4-11(12)16(17)18/h2-4H,5-8H2,1H3. The van der Waals surface area contributed by atoms with Crippen molar-refractivity contribution in [3.63, 3.8) is 0 Å². The second-order valence-corrected chi connectivity index (χ2v) is 4.33. The maximum atomic E-state index is 11.1. The number of benzene rings is 1. The molecule has 0 aromatic heterocycles. The van der Waals surface area contributed by atoms with Crippen molar-refractivity contribution in [2.24, 2.45) is 0 Å². The molecule has 1 aliphatic rings. The summed E-state index contributed by atoms with van der Waals surface area (Å²) in [6.45, 7) is 3.10. The van der Waals surface area contributed by atoms with Gasteiger partial charge in [-0.2, -0.15) is 5.26 Å². The highest BCUT2D eigenvalue weighted by atomic mass is 16.6. The van der Waals surface area contributed by atoms with E-state index in [1.54, 1.807) is 12.1 Å². The molecular weight excluding hydrogens is 232 g/mol. The molecule has 18 heavy (non-hydrogen) atoms. The lowest BCUT2D eigenvalue weighted by Crippen LogP contribution is -2.45. The lowest BCUT2D eigenvalue weighted by molar-refractivity contribution is -0.384. The van der Waals surface area contributed by atoms with Crippen molar-refractivity contribution >= 4 is 11.4 Å². The van der Waals surface area contributed by atoms with Gasteiger partial charge in [0.25, 0.3) is 5.69 Å². The van der Waals surface area contributed by atoms with Crippen LogP contribution in [-0.2, 0) is 0 Å². The van der Waals surface area contributed by atoms with Crippen molar-refractivity contribution < 1.29 is 4.92 Å². The number of likely N-dealkylation sites (N-methyl/N-ethyl adjacent to an activating group) is 1. The number of nitro benzene ring substituents is 1. The van der Waals surface area contributed by atoms with E-state index in [-0.39, 0.29) is 5.69 Å². The molecule has 1 heterocycles. The second kappa shape index (κ2) is 5.02. The summed E-state index contributed by atoms with van der Waals surface area (Å²) in [5.41, 5.74) is 0.838. The number of nitriles is 1. The zero-order chi connectivity index (χ0) is 13.1. The Hall–Kier alpha value is -2.13. The van der Waals surface area contributed by atoms with Crippen molar-refractivity contribution in [3.05, 3.63) is 33.9 Å². The van der Waals surface area contributed by atoms with Crippen LogP contribution in [0.15, 0.2) is 18.2 Å². The molecule has 6 heteroatoms.